The van der Waals surface area contributed by atoms with Gasteiger partial charge in [-0.25, -0.2) is 0 Å². The number of aryl methyl sites for hydroxylation is 1. The second kappa shape index (κ2) is 12.0. The predicted octanol–water partition coefficient (Wildman–Crippen LogP) is 4.63. The zero-order valence-electron chi connectivity index (χ0n) is 18.6. The van der Waals surface area contributed by atoms with Gasteiger partial charge in [0.05, 0.1) is 18.7 Å². The molecule has 3 aromatic rings. The van der Waals surface area contributed by atoms with Gasteiger partial charge in [0, 0.05) is 0 Å². The summed E-state index contributed by atoms with van der Waals surface area (Å²) in [6, 6.07) is 12.5. The number of ether oxygens (including phenoxy) is 4. The Hall–Kier alpha value is -3.62. The highest BCUT2D eigenvalue weighted by atomic mass is 79.9. The van der Waals surface area contributed by atoms with Crippen molar-refractivity contribution >= 4 is 44.4 Å². The molecule has 0 atom stereocenters. The monoisotopic (exact) mass is 544 g/mol. The third-order valence-corrected chi connectivity index (χ3v) is 5.68. The Kier molecular flexibility index (Phi) is 8.84. The van der Waals surface area contributed by atoms with Crippen molar-refractivity contribution in [3.8, 4) is 29.1 Å². The fourth-order valence-corrected chi connectivity index (χ4v) is 3.93. The van der Waals surface area contributed by atoms with E-state index in [0.717, 1.165) is 5.75 Å². The Balaban J connectivity index is 1.66. The van der Waals surface area contributed by atoms with Gasteiger partial charge in [-0.3, -0.25) is 10.1 Å². The van der Waals surface area contributed by atoms with E-state index in [-0.39, 0.29) is 12.2 Å². The SMILES string of the molecule is COc1ccc(OCCOc2c(Br)cc(/C=C(/C#N)C(=O)Nc3nnc(C)s3)cc2OC)cc1. The van der Waals surface area contributed by atoms with Crippen LogP contribution in [0.5, 0.6) is 23.0 Å². The van der Waals surface area contributed by atoms with Gasteiger partial charge < -0.3 is 18.9 Å². The number of hydrogen-bond donors (Lipinski definition) is 1. The molecule has 0 fully saturated rings. The van der Waals surface area contributed by atoms with Gasteiger partial charge >= 0.3 is 0 Å². The lowest BCUT2D eigenvalue weighted by Crippen LogP contribution is -2.13. The molecule has 1 amide bonds. The number of nitriles is 1. The van der Waals surface area contributed by atoms with Gasteiger partial charge in [-0.1, -0.05) is 11.3 Å². The van der Waals surface area contributed by atoms with Crippen LogP contribution in [0.25, 0.3) is 6.08 Å². The van der Waals surface area contributed by atoms with Crippen molar-refractivity contribution in [1.29, 1.82) is 5.26 Å². The molecular formula is C23H21BrN4O5S. The Bertz CT molecular complexity index is 1220. The fourth-order valence-electron chi connectivity index (χ4n) is 2.77. The van der Waals surface area contributed by atoms with E-state index in [0.29, 0.717) is 44.0 Å². The molecule has 0 saturated carbocycles. The van der Waals surface area contributed by atoms with Gasteiger partial charge in [-0.15, -0.1) is 10.2 Å². The second-order valence-electron chi connectivity index (χ2n) is 6.66. The molecule has 0 aliphatic heterocycles. The maximum atomic E-state index is 12.4. The number of rotatable bonds is 10. The van der Waals surface area contributed by atoms with Gasteiger partial charge in [0.1, 0.15) is 41.4 Å². The molecule has 1 heterocycles. The molecule has 0 bridgehead atoms. The van der Waals surface area contributed by atoms with Crippen LogP contribution in [0.1, 0.15) is 10.6 Å². The number of methoxy groups -OCH3 is 2. The molecule has 9 nitrogen and oxygen atoms in total. The van der Waals surface area contributed by atoms with E-state index < -0.39 is 5.91 Å². The van der Waals surface area contributed by atoms with Crippen LogP contribution in [0, 0.1) is 18.3 Å². The molecular weight excluding hydrogens is 524 g/mol. The molecule has 1 N–H and O–H groups in total. The summed E-state index contributed by atoms with van der Waals surface area (Å²) < 4.78 is 22.7. The maximum Gasteiger partial charge on any atom is 0.268 e. The number of amides is 1. The molecule has 2 aromatic carbocycles. The highest BCUT2D eigenvalue weighted by Gasteiger charge is 2.15. The van der Waals surface area contributed by atoms with Gasteiger partial charge in [-0.2, -0.15) is 5.26 Å². The molecule has 0 aliphatic carbocycles. The molecule has 0 aliphatic rings. The van der Waals surface area contributed by atoms with Crippen LogP contribution in [0.4, 0.5) is 5.13 Å². The minimum absolute atomic E-state index is 0.0941. The van der Waals surface area contributed by atoms with Crippen LogP contribution in [0.2, 0.25) is 0 Å². The van der Waals surface area contributed by atoms with E-state index in [1.54, 1.807) is 26.2 Å². The summed E-state index contributed by atoms with van der Waals surface area (Å²) in [5.74, 6) is 1.78. The van der Waals surface area contributed by atoms with Crippen LogP contribution >= 0.6 is 27.3 Å². The second-order valence-corrected chi connectivity index (χ2v) is 8.69. The first-order chi connectivity index (χ1) is 16.4. The average Bonchev–Trinajstić information content (AvgIpc) is 3.25. The van der Waals surface area contributed by atoms with E-state index in [9.17, 15) is 10.1 Å². The molecule has 0 saturated heterocycles. The van der Waals surface area contributed by atoms with E-state index in [1.807, 2.05) is 30.3 Å². The van der Waals surface area contributed by atoms with Gasteiger partial charge in [-0.05, 0) is 70.9 Å². The largest absolute Gasteiger partial charge is 0.497 e. The number of nitrogens with one attached hydrogen (secondary N) is 1. The summed E-state index contributed by atoms with van der Waals surface area (Å²) >= 11 is 4.69. The first-order valence-electron chi connectivity index (χ1n) is 9.94. The molecule has 0 radical (unpaired) electrons. The molecule has 176 valence electrons. The Morgan fingerprint density at radius 1 is 1.12 bits per heavy atom. The predicted molar refractivity (Wildman–Crippen MR) is 132 cm³/mol. The summed E-state index contributed by atoms with van der Waals surface area (Å²) in [6.45, 7) is 2.35. The number of nitrogens with zero attached hydrogens (tertiary/aromatic N) is 3. The Morgan fingerprint density at radius 2 is 1.82 bits per heavy atom. The topological polar surface area (TPSA) is 116 Å². The van der Waals surface area contributed by atoms with E-state index >= 15 is 0 Å². The van der Waals surface area contributed by atoms with E-state index in [1.165, 1.54) is 24.5 Å². The zero-order valence-corrected chi connectivity index (χ0v) is 21.0. The van der Waals surface area contributed by atoms with Crippen molar-refractivity contribution in [2.45, 2.75) is 6.92 Å². The quantitative estimate of drug-likeness (QED) is 0.223. The lowest BCUT2D eigenvalue weighted by Gasteiger charge is -2.14. The van der Waals surface area contributed by atoms with E-state index in [4.69, 9.17) is 18.9 Å². The molecule has 1 aromatic heterocycles. The molecule has 34 heavy (non-hydrogen) atoms. The smallest absolute Gasteiger partial charge is 0.268 e. The van der Waals surface area contributed by atoms with Crippen molar-refractivity contribution < 1.29 is 23.7 Å². The average molecular weight is 545 g/mol. The summed E-state index contributed by atoms with van der Waals surface area (Å²) in [4.78, 5) is 12.4. The lowest BCUT2D eigenvalue weighted by molar-refractivity contribution is -0.112. The minimum Gasteiger partial charge on any atom is -0.497 e. The van der Waals surface area contributed by atoms with Gasteiger partial charge in [0.25, 0.3) is 5.91 Å². The highest BCUT2D eigenvalue weighted by Crippen LogP contribution is 2.37. The maximum absolute atomic E-state index is 12.4. The number of aromatic nitrogens is 2. The van der Waals surface area contributed by atoms with Crippen LogP contribution in [0.3, 0.4) is 0 Å². The number of halogens is 1. The number of hydrogen-bond acceptors (Lipinski definition) is 9. The summed E-state index contributed by atoms with van der Waals surface area (Å²) in [7, 11) is 3.11. The molecule has 3 rings (SSSR count). The first-order valence-corrected chi connectivity index (χ1v) is 11.5. The van der Waals surface area contributed by atoms with Gasteiger partial charge in [0.15, 0.2) is 11.5 Å². The number of carbonyl (C=O) groups is 1. The molecule has 11 heteroatoms. The van der Waals surface area contributed by atoms with Crippen LogP contribution in [-0.2, 0) is 4.79 Å². The number of benzene rings is 2. The molecule has 0 unspecified atom stereocenters. The van der Waals surface area contributed by atoms with Crippen molar-refractivity contribution in [2.24, 2.45) is 0 Å². The highest BCUT2D eigenvalue weighted by molar-refractivity contribution is 9.10. The summed E-state index contributed by atoms with van der Waals surface area (Å²) in [6.07, 6.45) is 1.45. The Morgan fingerprint density at radius 3 is 2.44 bits per heavy atom. The van der Waals surface area contributed by atoms with Gasteiger partial charge in [0.2, 0.25) is 5.13 Å². The van der Waals surface area contributed by atoms with E-state index in [2.05, 4.69) is 31.4 Å². The fraction of sp³-hybridized carbons (Fsp3) is 0.217. The third-order valence-electron chi connectivity index (χ3n) is 4.33. The standard InChI is InChI=1S/C23H21BrN4O5S/c1-14-27-28-23(34-14)26-22(29)16(13-25)10-15-11-19(24)21(20(12-15)31-3)33-9-8-32-18-6-4-17(30-2)5-7-18/h4-7,10-12H,8-9H2,1-3H3,(H,26,28,29)/b16-10-. The minimum atomic E-state index is -0.579. The Labute approximate surface area is 209 Å². The summed E-state index contributed by atoms with van der Waals surface area (Å²) in [5.41, 5.74) is 0.481. The third kappa shape index (κ3) is 6.69. The van der Waals surface area contributed by atoms with Crippen LogP contribution in [-0.4, -0.2) is 43.5 Å². The van der Waals surface area contributed by atoms with Crippen LogP contribution < -0.4 is 24.3 Å². The van der Waals surface area contributed by atoms with Crippen molar-refractivity contribution in [3.63, 3.8) is 0 Å². The van der Waals surface area contributed by atoms with Crippen molar-refractivity contribution in [2.75, 3.05) is 32.8 Å². The number of carbonyl (C=O) groups excluding carboxylic acids is 1. The van der Waals surface area contributed by atoms with Crippen molar-refractivity contribution in [3.05, 3.63) is 57.0 Å². The first kappa shape index (κ1) is 25.0. The van der Waals surface area contributed by atoms with Crippen molar-refractivity contribution in [1.82, 2.24) is 10.2 Å². The summed E-state index contributed by atoms with van der Waals surface area (Å²) in [5, 5.41) is 20.7. The lowest BCUT2D eigenvalue weighted by atomic mass is 10.1. The van der Waals surface area contributed by atoms with Crippen LogP contribution in [0.15, 0.2) is 46.4 Å². The zero-order chi connectivity index (χ0) is 24.5. The number of anilines is 1. The molecule has 0 spiro atoms. The normalized spacial score (nSPS) is 10.9.